The first-order chi connectivity index (χ1) is 11.7. The molecule has 1 N–H and O–H groups in total. The van der Waals surface area contributed by atoms with Crippen LogP contribution in [-0.2, 0) is 0 Å². The van der Waals surface area contributed by atoms with Crippen LogP contribution in [0.4, 0.5) is 0 Å². The van der Waals surface area contributed by atoms with Gasteiger partial charge in [0.1, 0.15) is 11.5 Å². The Hall–Kier alpha value is -1.28. The average Bonchev–Trinajstić information content (AvgIpc) is 2.58. The van der Waals surface area contributed by atoms with Crippen molar-refractivity contribution in [2.24, 2.45) is 0 Å². The summed E-state index contributed by atoms with van der Waals surface area (Å²) in [4.78, 5) is 0. The second-order valence-electron chi connectivity index (χ2n) is 5.60. The molecule has 5 heteroatoms. The molecule has 2 aromatic carbocycles. The zero-order chi connectivity index (χ0) is 17.2. The van der Waals surface area contributed by atoms with Crippen molar-refractivity contribution in [3.05, 3.63) is 59.1 Å². The van der Waals surface area contributed by atoms with Gasteiger partial charge in [0.2, 0.25) is 0 Å². The van der Waals surface area contributed by atoms with Crippen molar-refractivity contribution in [3.63, 3.8) is 0 Å². The van der Waals surface area contributed by atoms with Crippen LogP contribution in [0.2, 0.25) is 5.02 Å². The van der Waals surface area contributed by atoms with Crippen molar-refractivity contribution < 1.29 is 9.05 Å². The minimum atomic E-state index is -1.30. The molecular weight excluding hydrogens is 341 g/mol. The number of hydrogen-bond acceptors (Lipinski definition) is 3. The van der Waals surface area contributed by atoms with Gasteiger partial charge < -0.3 is 9.05 Å². The topological polar surface area (TPSA) is 30.5 Å². The maximum Gasteiger partial charge on any atom is 0.381 e. The summed E-state index contributed by atoms with van der Waals surface area (Å²) in [6, 6.07) is 15.4. The Bertz CT molecular complexity index is 576. The van der Waals surface area contributed by atoms with Gasteiger partial charge in [0.25, 0.3) is 0 Å². The maximum atomic E-state index is 6.21. The van der Waals surface area contributed by atoms with Crippen molar-refractivity contribution in [2.45, 2.75) is 39.5 Å². The summed E-state index contributed by atoms with van der Waals surface area (Å²) in [5.74, 6) is 1.47. The quantitative estimate of drug-likeness (QED) is 0.385. The lowest BCUT2D eigenvalue weighted by Crippen LogP contribution is -2.16. The Labute approximate surface area is 151 Å². The highest BCUT2D eigenvalue weighted by Crippen LogP contribution is 2.40. The smallest absolute Gasteiger partial charge is 0.381 e. The summed E-state index contributed by atoms with van der Waals surface area (Å²) in [5.41, 5.74) is 1.08. The van der Waals surface area contributed by atoms with E-state index in [1.54, 1.807) is 0 Å². The molecule has 3 nitrogen and oxygen atoms in total. The number of rotatable bonds is 10. The first-order valence-corrected chi connectivity index (χ1v) is 9.96. The van der Waals surface area contributed by atoms with Crippen LogP contribution in [0.25, 0.3) is 0 Å². The van der Waals surface area contributed by atoms with Crippen LogP contribution < -0.4 is 14.1 Å². The van der Waals surface area contributed by atoms with E-state index in [-0.39, 0.29) is 0 Å². The predicted molar refractivity (Wildman–Crippen MR) is 103 cm³/mol. The Kier molecular flexibility index (Phi) is 8.38. The van der Waals surface area contributed by atoms with Gasteiger partial charge in [0.05, 0.1) is 5.02 Å². The number of hydrogen-bond donors (Lipinski definition) is 1. The molecule has 0 aliphatic carbocycles. The van der Waals surface area contributed by atoms with Gasteiger partial charge in [-0.25, -0.2) is 5.09 Å². The summed E-state index contributed by atoms with van der Waals surface area (Å²) in [5, 5.41) is 3.98. The maximum absolute atomic E-state index is 6.21. The number of para-hydroxylation sites is 2. The molecule has 0 aliphatic heterocycles. The van der Waals surface area contributed by atoms with Crippen molar-refractivity contribution >= 4 is 20.1 Å². The molecule has 0 spiro atoms. The highest BCUT2D eigenvalue weighted by atomic mass is 35.5. The van der Waals surface area contributed by atoms with Gasteiger partial charge in [-0.2, -0.15) is 0 Å². The van der Waals surface area contributed by atoms with E-state index < -0.39 is 8.53 Å². The van der Waals surface area contributed by atoms with E-state index in [2.05, 4.69) is 12.0 Å². The number of halogens is 1. The highest BCUT2D eigenvalue weighted by molar-refractivity contribution is 7.45. The van der Waals surface area contributed by atoms with Gasteiger partial charge >= 0.3 is 8.53 Å². The van der Waals surface area contributed by atoms with Crippen LogP contribution in [0.5, 0.6) is 11.5 Å². The molecule has 0 saturated carbocycles. The van der Waals surface area contributed by atoms with Crippen LogP contribution in [0.15, 0.2) is 48.5 Å². The Morgan fingerprint density at radius 2 is 1.58 bits per heavy atom. The molecule has 24 heavy (non-hydrogen) atoms. The van der Waals surface area contributed by atoms with Gasteiger partial charge in [0, 0.05) is 6.54 Å². The van der Waals surface area contributed by atoms with E-state index in [4.69, 9.17) is 20.6 Å². The highest BCUT2D eigenvalue weighted by Gasteiger charge is 2.17. The summed E-state index contributed by atoms with van der Waals surface area (Å²) < 4.78 is 12.1. The Morgan fingerprint density at radius 3 is 2.29 bits per heavy atom. The normalized spacial score (nSPS) is 12.0. The van der Waals surface area contributed by atoms with Crippen LogP contribution in [0.3, 0.4) is 0 Å². The van der Waals surface area contributed by atoms with Crippen molar-refractivity contribution in [2.75, 3.05) is 6.54 Å². The van der Waals surface area contributed by atoms with Crippen LogP contribution in [-0.4, -0.2) is 6.54 Å². The fourth-order valence-corrected chi connectivity index (χ4v) is 3.62. The van der Waals surface area contributed by atoms with Gasteiger partial charge in [-0.3, -0.25) is 0 Å². The second-order valence-corrected chi connectivity index (χ2v) is 7.21. The first kappa shape index (κ1) is 19.1. The molecular formula is C19H25ClNO2P. The molecule has 2 rings (SSSR count). The van der Waals surface area contributed by atoms with Gasteiger partial charge in [0.15, 0.2) is 0 Å². The Balaban J connectivity index is 2.00. The monoisotopic (exact) mass is 365 g/mol. The molecule has 1 atom stereocenters. The number of nitrogens with one attached hydrogen (secondary N) is 1. The summed E-state index contributed by atoms with van der Waals surface area (Å²) >= 11 is 6.21. The molecule has 2 aromatic rings. The molecule has 130 valence electrons. The molecule has 0 aliphatic rings. The van der Waals surface area contributed by atoms with Gasteiger partial charge in [-0.1, -0.05) is 68.1 Å². The standard InChI is InChI=1S/C19H25ClNO2P/c1-3-4-5-10-15-21-24(22-18-13-8-6-11-16(18)2)23-19-14-9-7-12-17(19)20/h6-9,11-14,21H,3-5,10,15H2,1-2H3. The van der Waals surface area contributed by atoms with E-state index >= 15 is 0 Å². The van der Waals surface area contributed by atoms with Crippen LogP contribution in [0.1, 0.15) is 38.2 Å². The first-order valence-electron chi connectivity index (χ1n) is 8.40. The number of aryl methyl sites for hydroxylation is 1. The zero-order valence-corrected chi connectivity index (χ0v) is 15.9. The lowest BCUT2D eigenvalue weighted by molar-refractivity contribution is 0.469. The summed E-state index contributed by atoms with van der Waals surface area (Å²) in [6.45, 7) is 5.10. The predicted octanol–water partition coefficient (Wildman–Crippen LogP) is 6.50. The van der Waals surface area contributed by atoms with Gasteiger partial charge in [-0.05, 0) is 37.1 Å². The van der Waals surface area contributed by atoms with E-state index in [9.17, 15) is 0 Å². The largest absolute Gasteiger partial charge is 0.427 e. The lowest BCUT2D eigenvalue weighted by Gasteiger charge is -2.20. The van der Waals surface area contributed by atoms with Crippen molar-refractivity contribution in [3.8, 4) is 11.5 Å². The molecule has 0 radical (unpaired) electrons. The van der Waals surface area contributed by atoms with Crippen molar-refractivity contribution in [1.82, 2.24) is 5.09 Å². The lowest BCUT2D eigenvalue weighted by atomic mass is 10.2. The molecule has 1 unspecified atom stereocenters. The van der Waals surface area contributed by atoms with E-state index in [1.165, 1.54) is 19.3 Å². The minimum Gasteiger partial charge on any atom is -0.427 e. The SMILES string of the molecule is CCCCCCNP(Oc1ccccc1C)Oc1ccccc1Cl. The second kappa shape index (κ2) is 10.6. The third-order valence-electron chi connectivity index (χ3n) is 3.56. The van der Waals surface area contributed by atoms with E-state index in [1.807, 2.05) is 55.5 Å². The van der Waals surface area contributed by atoms with Crippen LogP contribution in [0, 0.1) is 6.92 Å². The molecule has 0 fully saturated rings. The minimum absolute atomic E-state index is 0.589. The number of benzene rings is 2. The summed E-state index contributed by atoms with van der Waals surface area (Å²) in [7, 11) is -1.30. The van der Waals surface area contributed by atoms with E-state index in [0.717, 1.165) is 24.3 Å². The third-order valence-corrected chi connectivity index (χ3v) is 5.08. The average molecular weight is 366 g/mol. The molecule has 0 amide bonds. The summed E-state index contributed by atoms with van der Waals surface area (Å²) in [6.07, 6.45) is 4.80. The molecule has 0 saturated heterocycles. The third kappa shape index (κ3) is 6.32. The van der Waals surface area contributed by atoms with E-state index in [0.29, 0.717) is 10.8 Å². The Morgan fingerprint density at radius 1 is 0.917 bits per heavy atom. The molecule has 0 bridgehead atoms. The van der Waals surface area contributed by atoms with Crippen molar-refractivity contribution in [1.29, 1.82) is 0 Å². The van der Waals surface area contributed by atoms with Gasteiger partial charge in [-0.15, -0.1) is 0 Å². The fraction of sp³-hybridized carbons (Fsp3) is 0.368. The zero-order valence-electron chi connectivity index (χ0n) is 14.3. The molecule has 0 heterocycles. The fourth-order valence-electron chi connectivity index (χ4n) is 2.16. The number of unbranched alkanes of at least 4 members (excludes halogenated alkanes) is 3. The van der Waals surface area contributed by atoms with Crippen LogP contribution >= 0.6 is 20.1 Å². The molecule has 0 aromatic heterocycles.